The summed E-state index contributed by atoms with van der Waals surface area (Å²) in [6.45, 7) is 2.97. The van der Waals surface area contributed by atoms with Gasteiger partial charge in [0.2, 0.25) is 11.5 Å². The number of nitrogens with one attached hydrogen (secondary N) is 1. The first-order valence-electron chi connectivity index (χ1n) is 9.93. The molecule has 4 heterocycles. The minimum absolute atomic E-state index is 0.0245. The van der Waals surface area contributed by atoms with E-state index >= 15 is 0 Å². The van der Waals surface area contributed by atoms with Crippen molar-refractivity contribution in [2.45, 2.75) is 25.0 Å². The van der Waals surface area contributed by atoms with Gasteiger partial charge in [0.1, 0.15) is 5.69 Å². The molecule has 2 N–H and O–H groups in total. The van der Waals surface area contributed by atoms with E-state index in [1.807, 2.05) is 19.1 Å². The van der Waals surface area contributed by atoms with Gasteiger partial charge in [-0.2, -0.15) is 0 Å². The highest BCUT2D eigenvalue weighted by Crippen LogP contribution is 2.34. The van der Waals surface area contributed by atoms with Gasteiger partial charge in [0.05, 0.1) is 23.2 Å². The van der Waals surface area contributed by atoms with E-state index in [9.17, 15) is 9.90 Å². The lowest BCUT2D eigenvalue weighted by Gasteiger charge is -2.16. The van der Waals surface area contributed by atoms with E-state index in [1.54, 1.807) is 38.6 Å². The summed E-state index contributed by atoms with van der Waals surface area (Å²) in [5.74, 6) is 0.189. The van der Waals surface area contributed by atoms with Gasteiger partial charge in [0.25, 0.3) is 5.91 Å². The zero-order valence-electron chi connectivity index (χ0n) is 17.6. The molecule has 10 heteroatoms. The Labute approximate surface area is 179 Å². The molecule has 10 nitrogen and oxygen atoms in total. The summed E-state index contributed by atoms with van der Waals surface area (Å²) in [5.41, 5.74) is 0.538. The summed E-state index contributed by atoms with van der Waals surface area (Å²) in [6, 6.07) is 8.76. The number of hydrogen-bond donors (Lipinski definition) is 2. The van der Waals surface area contributed by atoms with Gasteiger partial charge >= 0.3 is 0 Å². The fourth-order valence-corrected chi connectivity index (χ4v) is 3.30. The molecule has 1 fully saturated rings. The molecule has 1 aliphatic heterocycles. The van der Waals surface area contributed by atoms with Crippen LogP contribution in [-0.4, -0.2) is 69.4 Å². The summed E-state index contributed by atoms with van der Waals surface area (Å²) in [5, 5.41) is 17.9. The SMILES string of the molecule is CO[C@H](C)CNc1nccc(-c2cccc(-c3cc([C@]4(O)CCN(C)C4=O)on3)n2)n1. The normalized spacial score (nSPS) is 19.6. The topological polar surface area (TPSA) is 126 Å². The third kappa shape index (κ3) is 4.12. The van der Waals surface area contributed by atoms with Crippen LogP contribution in [0.5, 0.6) is 0 Å². The molecule has 3 aromatic heterocycles. The Balaban J connectivity index is 1.57. The molecule has 1 amide bonds. The van der Waals surface area contributed by atoms with Crippen molar-refractivity contribution >= 4 is 11.9 Å². The average Bonchev–Trinajstić information content (AvgIpc) is 3.40. The van der Waals surface area contributed by atoms with Gasteiger partial charge in [-0.25, -0.2) is 15.0 Å². The summed E-state index contributed by atoms with van der Waals surface area (Å²) in [6.07, 6.45) is 1.93. The number of ether oxygens (including phenoxy) is 1. The Morgan fingerprint density at radius 2 is 2.00 bits per heavy atom. The molecule has 4 rings (SSSR count). The van der Waals surface area contributed by atoms with Crippen molar-refractivity contribution in [3.05, 3.63) is 42.3 Å². The molecule has 0 bridgehead atoms. The Bertz CT molecular complexity index is 1090. The van der Waals surface area contributed by atoms with E-state index in [2.05, 4.69) is 25.4 Å². The number of amides is 1. The molecule has 3 aromatic rings. The fourth-order valence-electron chi connectivity index (χ4n) is 3.30. The molecule has 0 spiro atoms. The number of aromatic nitrogens is 4. The van der Waals surface area contributed by atoms with Crippen molar-refractivity contribution in [1.82, 2.24) is 25.0 Å². The second-order valence-corrected chi connectivity index (χ2v) is 7.51. The monoisotopic (exact) mass is 424 g/mol. The average molecular weight is 424 g/mol. The van der Waals surface area contributed by atoms with Gasteiger partial charge in [0, 0.05) is 45.9 Å². The van der Waals surface area contributed by atoms with Gasteiger partial charge in [-0.05, 0) is 25.1 Å². The van der Waals surface area contributed by atoms with E-state index in [0.717, 1.165) is 0 Å². The molecule has 0 unspecified atom stereocenters. The van der Waals surface area contributed by atoms with E-state index < -0.39 is 11.5 Å². The van der Waals surface area contributed by atoms with Gasteiger partial charge in [-0.15, -0.1) is 0 Å². The highest BCUT2D eigenvalue weighted by atomic mass is 16.5. The second kappa shape index (κ2) is 8.40. The highest BCUT2D eigenvalue weighted by molar-refractivity contribution is 5.87. The van der Waals surface area contributed by atoms with Crippen LogP contribution in [-0.2, 0) is 15.1 Å². The zero-order valence-corrected chi connectivity index (χ0v) is 17.6. The van der Waals surface area contributed by atoms with Crippen LogP contribution >= 0.6 is 0 Å². The Kier molecular flexibility index (Phi) is 5.66. The van der Waals surface area contributed by atoms with Crippen LogP contribution in [0.25, 0.3) is 22.8 Å². The zero-order chi connectivity index (χ0) is 22.0. The van der Waals surface area contributed by atoms with E-state index in [-0.39, 0.29) is 18.3 Å². The van der Waals surface area contributed by atoms with Crippen LogP contribution in [0.3, 0.4) is 0 Å². The molecule has 1 saturated heterocycles. The summed E-state index contributed by atoms with van der Waals surface area (Å²) in [7, 11) is 3.29. The van der Waals surface area contributed by atoms with Gasteiger partial charge in [-0.1, -0.05) is 11.2 Å². The minimum Gasteiger partial charge on any atom is -0.380 e. The minimum atomic E-state index is -1.69. The van der Waals surface area contributed by atoms with Crippen LogP contribution in [0.4, 0.5) is 5.95 Å². The Morgan fingerprint density at radius 1 is 1.26 bits per heavy atom. The molecule has 1 aliphatic rings. The third-order valence-electron chi connectivity index (χ3n) is 5.31. The molecular weight excluding hydrogens is 400 g/mol. The molecule has 0 radical (unpaired) electrons. The number of rotatable bonds is 7. The number of carbonyl (C=O) groups excluding carboxylic acids is 1. The van der Waals surface area contributed by atoms with Crippen LogP contribution in [0, 0.1) is 0 Å². The number of methoxy groups -OCH3 is 1. The summed E-state index contributed by atoms with van der Waals surface area (Å²) in [4.78, 5) is 27.1. The summed E-state index contributed by atoms with van der Waals surface area (Å²) < 4.78 is 10.5. The van der Waals surface area contributed by atoms with E-state index in [4.69, 9.17) is 9.26 Å². The van der Waals surface area contributed by atoms with Crippen LogP contribution in [0.15, 0.2) is 41.1 Å². The first kappa shape index (κ1) is 20.9. The third-order valence-corrected chi connectivity index (χ3v) is 5.31. The van der Waals surface area contributed by atoms with Crippen LogP contribution in [0.1, 0.15) is 19.1 Å². The first-order valence-corrected chi connectivity index (χ1v) is 9.93. The lowest BCUT2D eigenvalue weighted by molar-refractivity contribution is -0.144. The van der Waals surface area contributed by atoms with Gasteiger partial charge in [-0.3, -0.25) is 4.79 Å². The first-order chi connectivity index (χ1) is 14.9. The standard InChI is InChI=1S/C21H24N6O4/c1-13(30-3)12-23-20-22-9-7-16(25-20)14-5-4-6-15(24-14)17-11-18(31-26-17)21(29)8-10-27(2)19(21)28/h4-7,9,11,13,29H,8,10,12H2,1-3H3,(H,22,23,25)/t13-,21-/m1/s1. The number of nitrogens with zero attached hydrogens (tertiary/aromatic N) is 5. The lowest BCUT2D eigenvalue weighted by Crippen LogP contribution is -2.35. The molecule has 162 valence electrons. The molecule has 0 saturated carbocycles. The van der Waals surface area contributed by atoms with Crippen LogP contribution in [0.2, 0.25) is 0 Å². The number of pyridine rings is 1. The quantitative estimate of drug-likeness (QED) is 0.582. The molecular formula is C21H24N6O4. The Morgan fingerprint density at radius 3 is 2.71 bits per heavy atom. The molecule has 2 atom stereocenters. The smallest absolute Gasteiger partial charge is 0.262 e. The summed E-state index contributed by atoms with van der Waals surface area (Å²) >= 11 is 0. The fraction of sp³-hybridized carbons (Fsp3) is 0.381. The maximum absolute atomic E-state index is 12.3. The predicted octanol–water partition coefficient (Wildman–Crippen LogP) is 1.69. The predicted molar refractivity (Wildman–Crippen MR) is 112 cm³/mol. The van der Waals surface area contributed by atoms with Gasteiger partial charge < -0.3 is 24.6 Å². The van der Waals surface area contributed by atoms with Gasteiger partial charge in [0.15, 0.2) is 5.76 Å². The van der Waals surface area contributed by atoms with E-state index in [0.29, 0.717) is 41.8 Å². The number of carbonyl (C=O) groups is 1. The maximum atomic E-state index is 12.3. The lowest BCUT2D eigenvalue weighted by atomic mass is 9.98. The Hall–Kier alpha value is -3.37. The maximum Gasteiger partial charge on any atom is 0.262 e. The molecule has 0 aliphatic carbocycles. The number of likely N-dealkylation sites (tertiary alicyclic amines) is 1. The largest absolute Gasteiger partial charge is 0.380 e. The molecule has 0 aromatic carbocycles. The number of likely N-dealkylation sites (N-methyl/N-ethyl adjacent to an activating group) is 1. The number of anilines is 1. The van der Waals surface area contributed by atoms with Crippen molar-refractivity contribution in [1.29, 1.82) is 0 Å². The van der Waals surface area contributed by atoms with E-state index in [1.165, 1.54) is 4.90 Å². The van der Waals surface area contributed by atoms with Crippen molar-refractivity contribution in [2.75, 3.05) is 32.6 Å². The number of aliphatic hydroxyl groups is 1. The molecule has 31 heavy (non-hydrogen) atoms. The van der Waals surface area contributed by atoms with Crippen molar-refractivity contribution in [3.63, 3.8) is 0 Å². The van der Waals surface area contributed by atoms with Crippen molar-refractivity contribution in [3.8, 4) is 22.8 Å². The van der Waals surface area contributed by atoms with Crippen LogP contribution < -0.4 is 5.32 Å². The van der Waals surface area contributed by atoms with Crippen molar-refractivity contribution in [2.24, 2.45) is 0 Å². The number of hydrogen-bond acceptors (Lipinski definition) is 9. The van der Waals surface area contributed by atoms with Crippen molar-refractivity contribution < 1.29 is 19.2 Å². The highest BCUT2D eigenvalue weighted by Gasteiger charge is 2.48. The second-order valence-electron chi connectivity index (χ2n) is 7.51.